The molecule has 1 unspecified atom stereocenters. The molecule has 1 atom stereocenters. The van der Waals surface area contributed by atoms with E-state index in [9.17, 15) is 14.3 Å². The van der Waals surface area contributed by atoms with Gasteiger partial charge in [0.05, 0.1) is 0 Å². The van der Waals surface area contributed by atoms with Gasteiger partial charge in [0.2, 0.25) is 0 Å². The second-order valence-corrected chi connectivity index (χ2v) is 3.96. The molecule has 0 aliphatic heterocycles. The Morgan fingerprint density at radius 1 is 1.56 bits per heavy atom. The van der Waals surface area contributed by atoms with Crippen LogP contribution in [0.15, 0.2) is 18.2 Å². The molecule has 0 saturated heterocycles. The lowest BCUT2D eigenvalue weighted by atomic mass is 9.78. The highest BCUT2D eigenvalue weighted by Gasteiger charge is 2.44. The molecule has 0 radical (unpaired) electrons. The number of carboxylic acids is 1. The Morgan fingerprint density at radius 3 is 2.94 bits per heavy atom. The molecule has 4 heteroatoms. The van der Waals surface area contributed by atoms with Gasteiger partial charge in [0, 0.05) is 12.7 Å². The van der Waals surface area contributed by atoms with Gasteiger partial charge in [-0.1, -0.05) is 12.1 Å². The molecule has 1 aliphatic rings. The highest BCUT2D eigenvalue weighted by molar-refractivity contribution is 5.80. The first-order valence-corrected chi connectivity index (χ1v) is 5.18. The minimum absolute atomic E-state index is 0.347. The van der Waals surface area contributed by atoms with Crippen LogP contribution in [0.5, 0.6) is 0 Å². The van der Waals surface area contributed by atoms with E-state index in [0.29, 0.717) is 30.4 Å². The Kier molecular flexibility index (Phi) is 2.68. The first kappa shape index (κ1) is 11.1. The van der Waals surface area contributed by atoms with Crippen LogP contribution in [0.2, 0.25) is 0 Å². The molecule has 3 nitrogen and oxygen atoms in total. The van der Waals surface area contributed by atoms with Crippen LogP contribution in [0, 0.1) is 5.82 Å². The fourth-order valence-electron chi connectivity index (χ4n) is 2.36. The smallest absolute Gasteiger partial charge is 0.340 e. The van der Waals surface area contributed by atoms with E-state index >= 15 is 0 Å². The van der Waals surface area contributed by atoms with Crippen molar-refractivity contribution in [1.82, 2.24) is 0 Å². The zero-order valence-corrected chi connectivity index (χ0v) is 9.00. The van der Waals surface area contributed by atoms with Gasteiger partial charge in [-0.2, -0.15) is 0 Å². The molecule has 1 aliphatic carbocycles. The van der Waals surface area contributed by atoms with Crippen LogP contribution in [0.3, 0.4) is 0 Å². The Bertz CT molecular complexity index is 430. The van der Waals surface area contributed by atoms with Crippen molar-refractivity contribution >= 4 is 5.97 Å². The lowest BCUT2D eigenvalue weighted by Gasteiger charge is -2.34. The zero-order chi connectivity index (χ0) is 11.8. The van der Waals surface area contributed by atoms with Crippen LogP contribution in [0.1, 0.15) is 24.0 Å². The van der Waals surface area contributed by atoms with E-state index in [-0.39, 0.29) is 5.82 Å². The number of aliphatic carboxylic acids is 1. The largest absolute Gasteiger partial charge is 0.479 e. The van der Waals surface area contributed by atoms with Gasteiger partial charge in [-0.15, -0.1) is 0 Å². The molecule has 0 saturated carbocycles. The first-order valence-electron chi connectivity index (χ1n) is 5.18. The van der Waals surface area contributed by atoms with Gasteiger partial charge >= 0.3 is 5.97 Å². The topological polar surface area (TPSA) is 46.5 Å². The van der Waals surface area contributed by atoms with Crippen LogP contribution in [-0.4, -0.2) is 18.2 Å². The minimum atomic E-state index is -1.38. The van der Waals surface area contributed by atoms with Crippen molar-refractivity contribution in [3.05, 3.63) is 35.1 Å². The maximum Gasteiger partial charge on any atom is 0.340 e. The van der Waals surface area contributed by atoms with Gasteiger partial charge in [-0.05, 0) is 30.9 Å². The van der Waals surface area contributed by atoms with Crippen LogP contribution in [0.25, 0.3) is 0 Å². The van der Waals surface area contributed by atoms with Crippen molar-refractivity contribution in [2.24, 2.45) is 0 Å². The number of fused-ring (bicyclic) bond motifs is 1. The number of carbonyl (C=O) groups is 1. The van der Waals surface area contributed by atoms with Crippen LogP contribution >= 0.6 is 0 Å². The summed E-state index contributed by atoms with van der Waals surface area (Å²) in [6.45, 7) is 0. The highest BCUT2D eigenvalue weighted by atomic mass is 19.1. The normalized spacial score (nSPS) is 23.9. The average molecular weight is 224 g/mol. The first-order chi connectivity index (χ1) is 7.62. The lowest BCUT2D eigenvalue weighted by Crippen LogP contribution is -2.41. The number of rotatable bonds is 2. The second-order valence-electron chi connectivity index (χ2n) is 3.96. The summed E-state index contributed by atoms with van der Waals surface area (Å²) in [6, 6.07) is 4.51. The molecular weight excluding hydrogens is 211 g/mol. The molecule has 1 aromatic carbocycles. The number of benzene rings is 1. The SMILES string of the molecule is COC1(C(=O)O)CCCc2c(F)cccc21. The van der Waals surface area contributed by atoms with Gasteiger partial charge in [0.15, 0.2) is 5.60 Å². The summed E-state index contributed by atoms with van der Waals surface area (Å²) in [5.74, 6) is -1.40. The van der Waals surface area contributed by atoms with E-state index in [1.54, 1.807) is 6.07 Å². The van der Waals surface area contributed by atoms with Crippen LogP contribution < -0.4 is 0 Å². The summed E-state index contributed by atoms with van der Waals surface area (Å²) in [6.07, 6.45) is 1.57. The average Bonchev–Trinajstić information content (AvgIpc) is 2.28. The van der Waals surface area contributed by atoms with Crippen molar-refractivity contribution in [3.8, 4) is 0 Å². The summed E-state index contributed by atoms with van der Waals surface area (Å²) in [7, 11) is 1.36. The quantitative estimate of drug-likeness (QED) is 0.836. The Hall–Kier alpha value is -1.42. The molecule has 0 amide bonds. The summed E-state index contributed by atoms with van der Waals surface area (Å²) < 4.78 is 18.7. The molecule has 0 fully saturated rings. The van der Waals surface area contributed by atoms with Crippen molar-refractivity contribution in [2.45, 2.75) is 24.9 Å². The number of halogens is 1. The number of hydrogen-bond acceptors (Lipinski definition) is 2. The third-order valence-electron chi connectivity index (χ3n) is 3.20. The molecule has 0 spiro atoms. The second kappa shape index (κ2) is 3.87. The molecule has 16 heavy (non-hydrogen) atoms. The standard InChI is InChI=1S/C12H13FO3/c1-16-12(11(14)15)7-3-4-8-9(12)5-2-6-10(8)13/h2,5-6H,3-4,7H2,1H3,(H,14,15). The highest BCUT2D eigenvalue weighted by Crippen LogP contribution is 2.39. The van der Waals surface area contributed by atoms with E-state index in [2.05, 4.69) is 0 Å². The number of hydrogen-bond donors (Lipinski definition) is 1. The van der Waals surface area contributed by atoms with Crippen molar-refractivity contribution in [1.29, 1.82) is 0 Å². The van der Waals surface area contributed by atoms with E-state index in [4.69, 9.17) is 4.74 Å². The Balaban J connectivity index is 2.63. The molecule has 1 N–H and O–H groups in total. The minimum Gasteiger partial charge on any atom is -0.479 e. The third kappa shape index (κ3) is 1.41. The van der Waals surface area contributed by atoms with Gasteiger partial charge in [-0.25, -0.2) is 9.18 Å². The van der Waals surface area contributed by atoms with E-state index in [0.717, 1.165) is 0 Å². The van der Waals surface area contributed by atoms with Crippen molar-refractivity contribution in [3.63, 3.8) is 0 Å². The summed E-state index contributed by atoms with van der Waals surface area (Å²) in [5, 5.41) is 9.28. The third-order valence-corrected chi connectivity index (χ3v) is 3.20. The molecule has 0 bridgehead atoms. The number of ether oxygens (including phenoxy) is 1. The Morgan fingerprint density at radius 2 is 2.31 bits per heavy atom. The van der Waals surface area contributed by atoms with Crippen LogP contribution in [0.4, 0.5) is 4.39 Å². The van der Waals surface area contributed by atoms with Gasteiger partial charge in [-0.3, -0.25) is 0 Å². The van der Waals surface area contributed by atoms with Crippen molar-refractivity contribution < 1.29 is 19.0 Å². The molecule has 0 aromatic heterocycles. The Labute approximate surface area is 92.9 Å². The van der Waals surface area contributed by atoms with Gasteiger partial charge in [0.1, 0.15) is 5.82 Å². The maximum atomic E-state index is 13.6. The summed E-state index contributed by atoms with van der Waals surface area (Å²) in [4.78, 5) is 11.3. The van der Waals surface area contributed by atoms with Gasteiger partial charge in [0.25, 0.3) is 0 Å². The number of methoxy groups -OCH3 is 1. The van der Waals surface area contributed by atoms with E-state index in [1.807, 2.05) is 0 Å². The lowest BCUT2D eigenvalue weighted by molar-refractivity contribution is -0.165. The molecular formula is C12H13FO3. The fraction of sp³-hybridized carbons (Fsp3) is 0.417. The van der Waals surface area contributed by atoms with Crippen LogP contribution in [-0.2, 0) is 21.6 Å². The molecule has 0 heterocycles. The predicted octanol–water partition coefficient (Wildman–Crippen LogP) is 2.09. The van der Waals surface area contributed by atoms with Crippen molar-refractivity contribution in [2.75, 3.05) is 7.11 Å². The molecule has 86 valence electrons. The monoisotopic (exact) mass is 224 g/mol. The molecule has 1 aromatic rings. The molecule has 2 rings (SSSR count). The fourth-order valence-corrected chi connectivity index (χ4v) is 2.36. The van der Waals surface area contributed by atoms with E-state index < -0.39 is 11.6 Å². The predicted molar refractivity (Wildman–Crippen MR) is 55.7 cm³/mol. The van der Waals surface area contributed by atoms with Gasteiger partial charge < -0.3 is 9.84 Å². The maximum absolute atomic E-state index is 13.6. The summed E-state index contributed by atoms with van der Waals surface area (Å²) in [5.41, 5.74) is -0.456. The zero-order valence-electron chi connectivity index (χ0n) is 9.00. The summed E-state index contributed by atoms with van der Waals surface area (Å²) >= 11 is 0. The number of carboxylic acid groups (broad SMARTS) is 1. The van der Waals surface area contributed by atoms with E-state index in [1.165, 1.54) is 19.2 Å².